The molecule has 0 fully saturated rings. The third kappa shape index (κ3) is 3.20. The minimum absolute atomic E-state index is 0.104. The monoisotopic (exact) mass is 357 g/mol. The number of fused-ring (bicyclic) bond motifs is 1. The molecule has 0 unspecified atom stereocenters. The van der Waals surface area contributed by atoms with Crippen molar-refractivity contribution in [2.75, 3.05) is 17.6 Å². The van der Waals surface area contributed by atoms with Gasteiger partial charge >= 0.3 is 0 Å². The highest BCUT2D eigenvalue weighted by Crippen LogP contribution is 2.27. The topological polar surface area (TPSA) is 125 Å². The fraction of sp³-hybridized carbons (Fsp3) is 0.250. The van der Waals surface area contributed by atoms with Crippen LogP contribution in [0, 0.1) is 18.3 Å². The predicted octanol–water partition coefficient (Wildman–Crippen LogP) is 1.69. The van der Waals surface area contributed by atoms with E-state index in [-0.39, 0.29) is 18.0 Å². The fourth-order valence-electron chi connectivity index (χ4n) is 2.45. The van der Waals surface area contributed by atoms with Crippen molar-refractivity contribution in [1.29, 1.82) is 5.26 Å². The van der Waals surface area contributed by atoms with Gasteiger partial charge in [0, 0.05) is 18.7 Å². The average Bonchev–Trinajstić information content (AvgIpc) is 2.91. The second kappa shape index (κ2) is 6.93. The van der Waals surface area contributed by atoms with E-state index in [4.69, 9.17) is 22.4 Å². The first kappa shape index (κ1) is 17.0. The summed E-state index contributed by atoms with van der Waals surface area (Å²) in [5, 5.41) is 26.2. The molecule has 0 aliphatic heterocycles. The molecule has 128 valence electrons. The van der Waals surface area contributed by atoms with E-state index in [0.717, 1.165) is 5.69 Å². The van der Waals surface area contributed by atoms with Crippen LogP contribution in [-0.4, -0.2) is 31.2 Å². The zero-order valence-corrected chi connectivity index (χ0v) is 14.2. The number of aryl methyl sites for hydroxylation is 1. The third-order valence-corrected chi connectivity index (χ3v) is 4.16. The smallest absolute Gasteiger partial charge is 0.178 e. The molecular formula is C16H16ClN7O. The number of nitrogens with zero attached hydrogens (tertiary/aromatic N) is 5. The highest BCUT2D eigenvalue weighted by Gasteiger charge is 2.17. The van der Waals surface area contributed by atoms with Gasteiger partial charge in [-0.2, -0.15) is 14.9 Å². The number of halogens is 1. The van der Waals surface area contributed by atoms with Crippen LogP contribution in [0.5, 0.6) is 0 Å². The maximum absolute atomic E-state index is 9.40. The number of aliphatic hydroxyl groups is 1. The minimum Gasteiger partial charge on any atom is -0.390 e. The molecule has 0 aliphatic carbocycles. The highest BCUT2D eigenvalue weighted by atomic mass is 35.5. The van der Waals surface area contributed by atoms with E-state index < -0.39 is 0 Å². The van der Waals surface area contributed by atoms with Crippen LogP contribution in [0.15, 0.2) is 18.2 Å². The molecule has 0 spiro atoms. The van der Waals surface area contributed by atoms with Crippen molar-refractivity contribution in [3.05, 3.63) is 45.9 Å². The largest absolute Gasteiger partial charge is 0.390 e. The van der Waals surface area contributed by atoms with E-state index in [9.17, 15) is 5.26 Å². The van der Waals surface area contributed by atoms with Gasteiger partial charge in [-0.05, 0) is 19.1 Å². The SMILES string of the molecule is Cc1nn2c(N)c(C#N)c(NCCc3cccc(CO)n3)nc2c1Cl. The van der Waals surface area contributed by atoms with E-state index in [1.54, 1.807) is 13.0 Å². The molecular weight excluding hydrogens is 342 g/mol. The number of hydrogen-bond donors (Lipinski definition) is 3. The summed E-state index contributed by atoms with van der Waals surface area (Å²) in [6.45, 7) is 2.13. The molecule has 0 saturated heterocycles. The van der Waals surface area contributed by atoms with Crippen molar-refractivity contribution >= 4 is 28.9 Å². The molecule has 8 nitrogen and oxygen atoms in total. The molecule has 3 aromatic heterocycles. The van der Waals surface area contributed by atoms with Crippen molar-refractivity contribution in [2.24, 2.45) is 0 Å². The van der Waals surface area contributed by atoms with Gasteiger partial charge in [-0.25, -0.2) is 4.98 Å². The van der Waals surface area contributed by atoms with Crippen molar-refractivity contribution < 1.29 is 5.11 Å². The van der Waals surface area contributed by atoms with Crippen molar-refractivity contribution in [3.63, 3.8) is 0 Å². The summed E-state index contributed by atoms with van der Waals surface area (Å²) in [7, 11) is 0. The summed E-state index contributed by atoms with van der Waals surface area (Å²) in [4.78, 5) is 8.70. The molecule has 0 amide bonds. The van der Waals surface area contributed by atoms with Crippen molar-refractivity contribution in [2.45, 2.75) is 20.0 Å². The first-order chi connectivity index (χ1) is 12.0. The van der Waals surface area contributed by atoms with Gasteiger partial charge in [0.1, 0.15) is 28.3 Å². The standard InChI is InChI=1S/C16H16ClN7O/c1-9-13(17)16-22-15(12(7-18)14(19)24(16)23-9)20-6-5-10-3-2-4-11(8-25)21-10/h2-4,25H,5-6,8,19H2,1H3,(H,20,22). The normalized spacial score (nSPS) is 10.8. The molecule has 9 heteroatoms. The van der Waals surface area contributed by atoms with E-state index in [2.05, 4.69) is 20.4 Å². The van der Waals surface area contributed by atoms with E-state index in [1.807, 2.05) is 18.2 Å². The number of nitrogens with one attached hydrogen (secondary N) is 1. The highest BCUT2D eigenvalue weighted by molar-refractivity contribution is 6.34. The summed E-state index contributed by atoms with van der Waals surface area (Å²) in [5.41, 5.74) is 8.67. The number of aliphatic hydroxyl groups excluding tert-OH is 1. The Balaban J connectivity index is 1.85. The lowest BCUT2D eigenvalue weighted by molar-refractivity contribution is 0.276. The van der Waals surface area contributed by atoms with Gasteiger partial charge in [0.05, 0.1) is 18.0 Å². The predicted molar refractivity (Wildman–Crippen MR) is 94.2 cm³/mol. The number of nitrogens with two attached hydrogens (primary N) is 1. The number of nitrogen functional groups attached to an aromatic ring is 1. The number of aromatic nitrogens is 4. The molecule has 3 heterocycles. The Kier molecular flexibility index (Phi) is 4.70. The van der Waals surface area contributed by atoms with Crippen LogP contribution in [-0.2, 0) is 13.0 Å². The van der Waals surface area contributed by atoms with Gasteiger partial charge in [-0.15, -0.1) is 0 Å². The van der Waals surface area contributed by atoms with Crippen LogP contribution in [0.3, 0.4) is 0 Å². The third-order valence-electron chi connectivity index (χ3n) is 3.72. The summed E-state index contributed by atoms with van der Waals surface area (Å²) in [5.74, 6) is 0.540. The second-order valence-corrected chi connectivity index (χ2v) is 5.80. The minimum atomic E-state index is -0.104. The van der Waals surface area contributed by atoms with Crippen LogP contribution in [0.2, 0.25) is 5.02 Å². The quantitative estimate of drug-likeness (QED) is 0.634. The number of rotatable bonds is 5. The Morgan fingerprint density at radius 3 is 2.84 bits per heavy atom. The maximum Gasteiger partial charge on any atom is 0.178 e. The summed E-state index contributed by atoms with van der Waals surface area (Å²) >= 11 is 6.20. The van der Waals surface area contributed by atoms with Crippen LogP contribution in [0.25, 0.3) is 5.65 Å². The second-order valence-electron chi connectivity index (χ2n) is 5.42. The number of hydrogen-bond acceptors (Lipinski definition) is 7. The average molecular weight is 358 g/mol. The lowest BCUT2D eigenvalue weighted by atomic mass is 10.2. The van der Waals surface area contributed by atoms with Crippen LogP contribution in [0.4, 0.5) is 11.6 Å². The fourth-order valence-corrected chi connectivity index (χ4v) is 2.61. The molecule has 3 rings (SSSR count). The van der Waals surface area contributed by atoms with Gasteiger partial charge in [-0.1, -0.05) is 17.7 Å². The lowest BCUT2D eigenvalue weighted by Crippen LogP contribution is -2.13. The molecule has 4 N–H and O–H groups in total. The Morgan fingerprint density at radius 1 is 1.36 bits per heavy atom. The van der Waals surface area contributed by atoms with E-state index >= 15 is 0 Å². The Bertz CT molecular complexity index is 977. The zero-order valence-electron chi connectivity index (χ0n) is 13.5. The molecule has 0 aromatic carbocycles. The summed E-state index contributed by atoms with van der Waals surface area (Å²) in [6, 6.07) is 7.51. The van der Waals surface area contributed by atoms with Gasteiger partial charge in [0.25, 0.3) is 0 Å². The molecule has 3 aromatic rings. The van der Waals surface area contributed by atoms with Crippen molar-refractivity contribution in [1.82, 2.24) is 19.6 Å². The van der Waals surface area contributed by atoms with Gasteiger partial charge in [0.15, 0.2) is 5.65 Å². The van der Waals surface area contributed by atoms with E-state index in [0.29, 0.717) is 40.8 Å². The Hall–Kier alpha value is -2.89. The zero-order chi connectivity index (χ0) is 18.0. The molecule has 25 heavy (non-hydrogen) atoms. The lowest BCUT2D eigenvalue weighted by Gasteiger charge is -2.10. The molecule has 0 radical (unpaired) electrons. The summed E-state index contributed by atoms with van der Waals surface area (Å²) in [6.07, 6.45) is 0.595. The van der Waals surface area contributed by atoms with Crippen LogP contribution in [0.1, 0.15) is 22.6 Å². The van der Waals surface area contributed by atoms with E-state index in [1.165, 1.54) is 4.52 Å². The number of nitriles is 1. The Morgan fingerprint density at radius 2 is 2.12 bits per heavy atom. The first-order valence-electron chi connectivity index (χ1n) is 7.59. The van der Waals surface area contributed by atoms with Crippen LogP contribution >= 0.6 is 11.6 Å². The molecule has 0 bridgehead atoms. The number of anilines is 2. The Labute approximate surface area is 148 Å². The van der Waals surface area contributed by atoms with Crippen LogP contribution < -0.4 is 11.1 Å². The van der Waals surface area contributed by atoms with Gasteiger partial charge in [0.2, 0.25) is 0 Å². The molecule has 0 aliphatic rings. The molecule has 0 saturated carbocycles. The number of pyridine rings is 1. The first-order valence-corrected chi connectivity index (χ1v) is 7.97. The van der Waals surface area contributed by atoms with Gasteiger partial charge in [-0.3, -0.25) is 4.98 Å². The van der Waals surface area contributed by atoms with Gasteiger partial charge < -0.3 is 16.2 Å². The summed E-state index contributed by atoms with van der Waals surface area (Å²) < 4.78 is 1.37. The maximum atomic E-state index is 9.40. The van der Waals surface area contributed by atoms with Crippen molar-refractivity contribution in [3.8, 4) is 6.07 Å². The molecule has 0 atom stereocenters.